The summed E-state index contributed by atoms with van der Waals surface area (Å²) in [6.07, 6.45) is 2.22. The number of nitrogens with one attached hydrogen (secondary N) is 3. The lowest BCUT2D eigenvalue weighted by Gasteiger charge is -2.31. The molecule has 1 aliphatic rings. The summed E-state index contributed by atoms with van der Waals surface area (Å²) in [6, 6.07) is -3.70. The lowest BCUT2D eigenvalue weighted by molar-refractivity contribution is -0.143. The summed E-state index contributed by atoms with van der Waals surface area (Å²) in [5.41, 5.74) is 0. The molecule has 4 atom stereocenters. The Bertz CT molecular complexity index is 709. The average molecular weight is 469 g/mol. The fraction of sp³-hybridized carbons (Fsp3) is 0.783. The van der Waals surface area contributed by atoms with Crippen molar-refractivity contribution < 1.29 is 28.7 Å². The van der Waals surface area contributed by atoms with Gasteiger partial charge in [0.05, 0.1) is 13.2 Å². The molecule has 1 unspecified atom stereocenters. The molecule has 1 aliphatic heterocycles. The lowest BCUT2D eigenvalue weighted by Crippen LogP contribution is -2.58. The average Bonchev–Trinajstić information content (AvgIpc) is 3.23. The zero-order chi connectivity index (χ0) is 25.3. The van der Waals surface area contributed by atoms with Crippen molar-refractivity contribution in [1.82, 2.24) is 20.9 Å². The van der Waals surface area contributed by atoms with Gasteiger partial charge in [-0.3, -0.25) is 9.59 Å². The first kappa shape index (κ1) is 28.4. The van der Waals surface area contributed by atoms with Crippen LogP contribution in [0.25, 0.3) is 0 Å². The highest BCUT2D eigenvalue weighted by Gasteiger charge is 2.39. The van der Waals surface area contributed by atoms with Crippen molar-refractivity contribution in [3.8, 4) is 0 Å². The number of esters is 1. The van der Waals surface area contributed by atoms with Crippen LogP contribution >= 0.6 is 0 Å². The van der Waals surface area contributed by atoms with Gasteiger partial charge in [0, 0.05) is 6.54 Å². The molecule has 4 amide bonds. The summed E-state index contributed by atoms with van der Waals surface area (Å²) >= 11 is 0. The van der Waals surface area contributed by atoms with E-state index in [0.717, 1.165) is 0 Å². The smallest absolute Gasteiger partial charge is 0.328 e. The van der Waals surface area contributed by atoms with Crippen molar-refractivity contribution in [3.05, 3.63) is 0 Å². The van der Waals surface area contributed by atoms with Crippen molar-refractivity contribution >= 4 is 30.1 Å². The van der Waals surface area contributed by atoms with Gasteiger partial charge < -0.3 is 30.4 Å². The van der Waals surface area contributed by atoms with Gasteiger partial charge in [0.1, 0.15) is 24.4 Å². The minimum absolute atomic E-state index is 0.0700. The number of ether oxygens (including phenoxy) is 1. The van der Waals surface area contributed by atoms with Gasteiger partial charge >= 0.3 is 12.0 Å². The highest BCUT2D eigenvalue weighted by molar-refractivity contribution is 5.93. The van der Waals surface area contributed by atoms with Crippen LogP contribution in [0.15, 0.2) is 0 Å². The van der Waals surface area contributed by atoms with Gasteiger partial charge in [-0.15, -0.1) is 0 Å². The highest BCUT2D eigenvalue weighted by Crippen LogP contribution is 2.21. The zero-order valence-electron chi connectivity index (χ0n) is 20.8. The maximum absolute atomic E-state index is 13.3. The molecule has 188 valence electrons. The number of urea groups is 1. The van der Waals surface area contributed by atoms with Crippen molar-refractivity contribution in [2.45, 2.75) is 85.0 Å². The lowest BCUT2D eigenvalue weighted by atomic mass is 10.0. The molecule has 0 bridgehead atoms. The Morgan fingerprint density at radius 2 is 1.64 bits per heavy atom. The molecule has 0 radical (unpaired) electrons. The number of amides is 4. The van der Waals surface area contributed by atoms with E-state index in [9.17, 15) is 24.0 Å². The zero-order valence-corrected chi connectivity index (χ0v) is 20.8. The number of likely N-dealkylation sites (tertiary alicyclic amines) is 1. The fourth-order valence-corrected chi connectivity index (χ4v) is 3.78. The second-order valence-corrected chi connectivity index (χ2v) is 9.65. The number of carbonyl (C=O) groups excluding carboxylic acids is 5. The minimum atomic E-state index is -0.886. The predicted molar refractivity (Wildman–Crippen MR) is 123 cm³/mol. The first-order valence-electron chi connectivity index (χ1n) is 11.6. The van der Waals surface area contributed by atoms with Gasteiger partial charge in [-0.05, 0) is 37.0 Å². The van der Waals surface area contributed by atoms with Crippen LogP contribution in [0.2, 0.25) is 0 Å². The van der Waals surface area contributed by atoms with Gasteiger partial charge in [0.15, 0.2) is 0 Å². The topological polar surface area (TPSA) is 134 Å². The predicted octanol–water partition coefficient (Wildman–Crippen LogP) is 1.23. The Hall–Kier alpha value is -2.65. The van der Waals surface area contributed by atoms with Crippen molar-refractivity contribution in [2.75, 3.05) is 13.7 Å². The van der Waals surface area contributed by atoms with Crippen molar-refractivity contribution in [3.63, 3.8) is 0 Å². The standard InChI is InChI=1S/C23H40N4O6/c1-13(2)11-16(22(31)33-7)25-23(32)26-19(15(5)6)21(30)27-10-8-9-18(27)20(29)24-17(12-28)14(3)4/h12-19H,8-11H2,1-7H3,(H,24,29)(H2,25,26,32)/t16?,17-,18+,19+/m1/s1. The number of methoxy groups -OCH3 is 1. The van der Waals surface area contributed by atoms with E-state index in [0.29, 0.717) is 32.1 Å². The molecular formula is C23H40N4O6. The third-order valence-corrected chi connectivity index (χ3v) is 5.73. The molecule has 0 aromatic heterocycles. The van der Waals surface area contributed by atoms with E-state index in [1.54, 1.807) is 13.8 Å². The van der Waals surface area contributed by atoms with Crippen LogP contribution in [-0.4, -0.2) is 72.8 Å². The number of hydrogen-bond donors (Lipinski definition) is 3. The molecule has 0 aromatic carbocycles. The quantitative estimate of drug-likeness (QED) is 0.308. The van der Waals surface area contributed by atoms with Crippen LogP contribution in [0, 0.1) is 17.8 Å². The summed E-state index contributed by atoms with van der Waals surface area (Å²) < 4.78 is 4.77. The van der Waals surface area contributed by atoms with Crippen LogP contribution in [-0.2, 0) is 23.9 Å². The number of rotatable bonds is 11. The Kier molecular flexibility index (Phi) is 11.3. The molecule has 0 spiro atoms. The Balaban J connectivity index is 2.92. The van der Waals surface area contributed by atoms with Crippen LogP contribution < -0.4 is 16.0 Å². The molecule has 1 fully saturated rings. The second-order valence-electron chi connectivity index (χ2n) is 9.65. The van der Waals surface area contributed by atoms with Gasteiger partial charge in [-0.1, -0.05) is 41.5 Å². The van der Waals surface area contributed by atoms with Crippen molar-refractivity contribution in [1.29, 1.82) is 0 Å². The molecule has 0 aliphatic carbocycles. The highest BCUT2D eigenvalue weighted by atomic mass is 16.5. The van der Waals surface area contributed by atoms with E-state index >= 15 is 0 Å². The third-order valence-electron chi connectivity index (χ3n) is 5.73. The second kappa shape index (κ2) is 13.2. The first-order chi connectivity index (χ1) is 15.4. The SMILES string of the molecule is COC(=O)C(CC(C)C)NC(=O)N[C@H](C(=O)N1CCC[C@H]1C(=O)N[C@H](C=O)C(C)C)C(C)C. The van der Waals surface area contributed by atoms with Crippen LogP contribution in [0.4, 0.5) is 4.79 Å². The third kappa shape index (κ3) is 8.33. The molecule has 1 rings (SSSR count). The van der Waals surface area contributed by atoms with E-state index in [2.05, 4.69) is 16.0 Å². The minimum Gasteiger partial charge on any atom is -0.467 e. The van der Waals surface area contributed by atoms with Crippen LogP contribution in [0.5, 0.6) is 0 Å². The molecule has 0 aromatic rings. The normalized spacial score (nSPS) is 18.6. The molecule has 10 nitrogen and oxygen atoms in total. The Morgan fingerprint density at radius 1 is 1.00 bits per heavy atom. The molecule has 33 heavy (non-hydrogen) atoms. The number of aldehydes is 1. The summed E-state index contributed by atoms with van der Waals surface area (Å²) in [6.45, 7) is 11.5. The number of hydrogen-bond acceptors (Lipinski definition) is 6. The molecule has 1 heterocycles. The summed E-state index contributed by atoms with van der Waals surface area (Å²) in [4.78, 5) is 63.5. The number of carbonyl (C=O) groups is 5. The molecular weight excluding hydrogens is 428 g/mol. The van der Waals surface area contributed by atoms with E-state index < -0.39 is 36.2 Å². The molecule has 10 heteroatoms. The molecule has 3 N–H and O–H groups in total. The maximum atomic E-state index is 13.3. The first-order valence-corrected chi connectivity index (χ1v) is 11.6. The van der Waals surface area contributed by atoms with Gasteiger partial charge in [-0.2, -0.15) is 0 Å². The molecule has 0 saturated carbocycles. The summed E-state index contributed by atoms with van der Waals surface area (Å²) in [5.74, 6) is -1.49. The number of nitrogens with zero attached hydrogens (tertiary/aromatic N) is 1. The van der Waals surface area contributed by atoms with Crippen LogP contribution in [0.3, 0.4) is 0 Å². The monoisotopic (exact) mass is 468 g/mol. The van der Waals surface area contributed by atoms with Gasteiger partial charge in [-0.25, -0.2) is 9.59 Å². The van der Waals surface area contributed by atoms with E-state index in [1.807, 2.05) is 27.7 Å². The van der Waals surface area contributed by atoms with Gasteiger partial charge in [0.25, 0.3) is 0 Å². The Labute approximate surface area is 196 Å². The largest absolute Gasteiger partial charge is 0.467 e. The fourth-order valence-electron chi connectivity index (χ4n) is 3.78. The van der Waals surface area contributed by atoms with Crippen LogP contribution in [0.1, 0.15) is 60.8 Å². The van der Waals surface area contributed by atoms with Crippen molar-refractivity contribution in [2.24, 2.45) is 17.8 Å². The van der Waals surface area contributed by atoms with E-state index in [-0.39, 0.29) is 29.6 Å². The molecule has 1 saturated heterocycles. The Morgan fingerprint density at radius 3 is 2.12 bits per heavy atom. The maximum Gasteiger partial charge on any atom is 0.328 e. The van der Waals surface area contributed by atoms with E-state index in [1.165, 1.54) is 12.0 Å². The van der Waals surface area contributed by atoms with Gasteiger partial charge in [0.2, 0.25) is 11.8 Å². The van der Waals surface area contributed by atoms with E-state index in [4.69, 9.17) is 4.74 Å². The summed E-state index contributed by atoms with van der Waals surface area (Å²) in [5, 5.41) is 7.98. The summed E-state index contributed by atoms with van der Waals surface area (Å²) in [7, 11) is 1.25.